The summed E-state index contributed by atoms with van der Waals surface area (Å²) in [7, 11) is 0. The minimum atomic E-state index is -0.556. The van der Waals surface area contributed by atoms with E-state index in [9.17, 15) is 9.59 Å². The lowest BCUT2D eigenvalue weighted by molar-refractivity contribution is -0.123. The second-order valence-corrected chi connectivity index (χ2v) is 7.60. The molecule has 154 valence electrons. The van der Waals surface area contributed by atoms with Gasteiger partial charge in [0.1, 0.15) is 6.04 Å². The Morgan fingerprint density at radius 3 is 2.55 bits per heavy atom. The highest BCUT2D eigenvalue weighted by Gasteiger charge is 2.19. The molecule has 0 radical (unpaired) electrons. The van der Waals surface area contributed by atoms with Gasteiger partial charge in [-0.3, -0.25) is 13.5 Å². The molecule has 0 saturated carbocycles. The molecule has 6 nitrogen and oxygen atoms in total. The SMILES string of the molecule is CCOc1ccc(CCNC(=O)[C@@H](C)n2sc3ccccc3c2=O)cc1OCC. The molecule has 2 aromatic carbocycles. The topological polar surface area (TPSA) is 69.6 Å². The third kappa shape index (κ3) is 4.79. The smallest absolute Gasteiger partial charge is 0.269 e. The first kappa shape index (κ1) is 20.9. The highest BCUT2D eigenvalue weighted by atomic mass is 32.1. The number of ether oxygens (including phenoxy) is 2. The van der Waals surface area contributed by atoms with Crippen LogP contribution in [0.3, 0.4) is 0 Å². The zero-order valence-corrected chi connectivity index (χ0v) is 17.8. The van der Waals surface area contributed by atoms with Crippen molar-refractivity contribution < 1.29 is 14.3 Å². The maximum atomic E-state index is 12.6. The van der Waals surface area contributed by atoms with Crippen LogP contribution in [0, 0.1) is 0 Å². The number of hydrogen-bond acceptors (Lipinski definition) is 5. The van der Waals surface area contributed by atoms with Crippen LogP contribution in [-0.4, -0.2) is 29.6 Å². The maximum absolute atomic E-state index is 12.6. The van der Waals surface area contributed by atoms with Gasteiger partial charge in [0.25, 0.3) is 5.56 Å². The molecular formula is C22H26N2O4S. The van der Waals surface area contributed by atoms with E-state index in [2.05, 4.69) is 5.32 Å². The van der Waals surface area contributed by atoms with E-state index in [0.717, 1.165) is 16.0 Å². The van der Waals surface area contributed by atoms with Gasteiger partial charge in [0, 0.05) is 6.54 Å². The first-order valence-electron chi connectivity index (χ1n) is 9.82. The predicted octanol–water partition coefficient (Wildman–Crippen LogP) is 3.78. The molecule has 1 heterocycles. The molecule has 7 heteroatoms. The van der Waals surface area contributed by atoms with Gasteiger partial charge in [-0.15, -0.1) is 0 Å². The van der Waals surface area contributed by atoms with Crippen LogP contribution in [0.4, 0.5) is 0 Å². The Bertz CT molecular complexity index is 1040. The molecule has 1 N–H and O–H groups in total. The largest absolute Gasteiger partial charge is 0.490 e. The van der Waals surface area contributed by atoms with Gasteiger partial charge in [-0.1, -0.05) is 29.7 Å². The normalized spacial score (nSPS) is 12.0. The molecule has 0 saturated heterocycles. The fourth-order valence-electron chi connectivity index (χ4n) is 3.08. The lowest BCUT2D eigenvalue weighted by Gasteiger charge is -2.14. The molecule has 0 aliphatic carbocycles. The summed E-state index contributed by atoms with van der Waals surface area (Å²) in [5, 5.41) is 3.58. The van der Waals surface area contributed by atoms with Crippen LogP contribution in [-0.2, 0) is 11.2 Å². The fourth-order valence-corrected chi connectivity index (χ4v) is 4.12. The number of benzene rings is 2. The summed E-state index contributed by atoms with van der Waals surface area (Å²) in [6.07, 6.45) is 0.659. The quantitative estimate of drug-likeness (QED) is 0.579. The third-order valence-electron chi connectivity index (χ3n) is 4.57. The van der Waals surface area contributed by atoms with E-state index in [1.165, 1.54) is 15.5 Å². The van der Waals surface area contributed by atoms with Crippen molar-refractivity contribution in [2.24, 2.45) is 0 Å². The van der Waals surface area contributed by atoms with E-state index in [-0.39, 0.29) is 11.5 Å². The molecule has 3 rings (SSSR count). The van der Waals surface area contributed by atoms with E-state index in [1.54, 1.807) is 13.0 Å². The van der Waals surface area contributed by atoms with Gasteiger partial charge in [0.15, 0.2) is 11.5 Å². The Labute approximate surface area is 174 Å². The van der Waals surface area contributed by atoms with E-state index >= 15 is 0 Å². The second kappa shape index (κ2) is 9.60. The Hall–Kier alpha value is -2.80. The minimum absolute atomic E-state index is 0.124. The molecule has 0 aliphatic heterocycles. The monoisotopic (exact) mass is 414 g/mol. The first-order valence-corrected chi connectivity index (χ1v) is 10.6. The van der Waals surface area contributed by atoms with Crippen molar-refractivity contribution in [1.82, 2.24) is 9.27 Å². The van der Waals surface area contributed by atoms with Crippen molar-refractivity contribution >= 4 is 27.5 Å². The summed E-state index contributed by atoms with van der Waals surface area (Å²) < 4.78 is 13.6. The van der Waals surface area contributed by atoms with Gasteiger partial charge in [-0.25, -0.2) is 0 Å². The van der Waals surface area contributed by atoms with Crippen LogP contribution in [0.15, 0.2) is 47.3 Å². The second-order valence-electron chi connectivity index (χ2n) is 6.58. The summed E-state index contributed by atoms with van der Waals surface area (Å²) in [6, 6.07) is 12.7. The standard InChI is InChI=1S/C22H26N2O4S/c1-4-27-18-11-10-16(14-19(18)28-5-2)12-13-23-21(25)15(3)24-22(26)17-8-6-7-9-20(17)29-24/h6-11,14-15H,4-5,12-13H2,1-3H3,(H,23,25)/t15-/m1/s1. The van der Waals surface area contributed by atoms with E-state index < -0.39 is 6.04 Å². The Kier molecular flexibility index (Phi) is 6.93. The number of fused-ring (bicyclic) bond motifs is 1. The Morgan fingerprint density at radius 2 is 1.83 bits per heavy atom. The predicted molar refractivity (Wildman–Crippen MR) is 116 cm³/mol. The number of aromatic nitrogens is 1. The van der Waals surface area contributed by atoms with Crippen LogP contribution >= 0.6 is 11.5 Å². The first-order chi connectivity index (χ1) is 14.0. The molecule has 0 fully saturated rings. The van der Waals surface area contributed by atoms with Crippen molar-refractivity contribution in [2.75, 3.05) is 19.8 Å². The van der Waals surface area contributed by atoms with E-state index in [1.807, 2.05) is 50.2 Å². The maximum Gasteiger partial charge on any atom is 0.269 e. The van der Waals surface area contributed by atoms with Crippen molar-refractivity contribution in [3.8, 4) is 11.5 Å². The molecule has 0 aliphatic rings. The molecule has 0 bridgehead atoms. The molecule has 3 aromatic rings. The van der Waals surface area contributed by atoms with Crippen LogP contribution in [0.5, 0.6) is 11.5 Å². The van der Waals surface area contributed by atoms with Gasteiger partial charge in [0.05, 0.1) is 23.3 Å². The summed E-state index contributed by atoms with van der Waals surface area (Å²) in [4.78, 5) is 25.1. The number of amides is 1. The lowest BCUT2D eigenvalue weighted by Crippen LogP contribution is -2.34. The van der Waals surface area contributed by atoms with Gasteiger partial charge < -0.3 is 14.8 Å². The summed E-state index contributed by atoms with van der Waals surface area (Å²) in [5.41, 5.74) is 0.921. The number of hydrogen-bond donors (Lipinski definition) is 1. The van der Waals surface area contributed by atoms with Gasteiger partial charge in [-0.05, 0) is 57.0 Å². The molecule has 0 spiro atoms. The van der Waals surface area contributed by atoms with Gasteiger partial charge in [0.2, 0.25) is 5.91 Å². The van der Waals surface area contributed by atoms with Crippen LogP contribution < -0.4 is 20.3 Å². The van der Waals surface area contributed by atoms with Crippen molar-refractivity contribution in [2.45, 2.75) is 33.2 Å². The molecule has 1 aromatic heterocycles. The molecule has 29 heavy (non-hydrogen) atoms. The van der Waals surface area contributed by atoms with Gasteiger partial charge in [-0.2, -0.15) is 0 Å². The van der Waals surface area contributed by atoms with Crippen LogP contribution in [0.1, 0.15) is 32.4 Å². The minimum Gasteiger partial charge on any atom is -0.490 e. The summed E-state index contributed by atoms with van der Waals surface area (Å²) >= 11 is 1.32. The van der Waals surface area contributed by atoms with Gasteiger partial charge >= 0.3 is 0 Å². The van der Waals surface area contributed by atoms with Crippen LogP contribution in [0.25, 0.3) is 10.1 Å². The van der Waals surface area contributed by atoms with Crippen LogP contribution in [0.2, 0.25) is 0 Å². The Morgan fingerprint density at radius 1 is 1.10 bits per heavy atom. The number of carbonyl (C=O) groups is 1. The molecular weight excluding hydrogens is 388 g/mol. The molecule has 1 atom stereocenters. The third-order valence-corrected chi connectivity index (χ3v) is 5.80. The van der Waals surface area contributed by atoms with Crippen molar-refractivity contribution in [3.63, 3.8) is 0 Å². The highest BCUT2D eigenvalue weighted by molar-refractivity contribution is 7.14. The molecule has 1 amide bonds. The zero-order valence-electron chi connectivity index (χ0n) is 16.9. The summed E-state index contributed by atoms with van der Waals surface area (Å²) in [6.45, 7) is 7.22. The Balaban J connectivity index is 1.62. The number of nitrogens with zero attached hydrogens (tertiary/aromatic N) is 1. The average molecular weight is 415 g/mol. The number of carbonyl (C=O) groups excluding carboxylic acids is 1. The average Bonchev–Trinajstić information content (AvgIpc) is 3.06. The summed E-state index contributed by atoms with van der Waals surface area (Å²) in [5.74, 6) is 1.26. The van der Waals surface area contributed by atoms with Crippen molar-refractivity contribution in [1.29, 1.82) is 0 Å². The lowest BCUT2D eigenvalue weighted by atomic mass is 10.1. The number of nitrogens with one attached hydrogen (secondary N) is 1. The van der Waals surface area contributed by atoms with Crippen molar-refractivity contribution in [3.05, 3.63) is 58.4 Å². The zero-order chi connectivity index (χ0) is 20.8. The molecule has 0 unspecified atom stereocenters. The highest BCUT2D eigenvalue weighted by Crippen LogP contribution is 2.28. The number of rotatable bonds is 9. The van der Waals surface area contributed by atoms with E-state index in [0.29, 0.717) is 37.3 Å². The fraction of sp³-hybridized carbons (Fsp3) is 0.364. The van der Waals surface area contributed by atoms with E-state index in [4.69, 9.17) is 9.47 Å².